The molecule has 7 nitrogen and oxygen atoms in total. The molecule has 3 rings (SSSR count). The lowest BCUT2D eigenvalue weighted by atomic mass is 10.0. The highest BCUT2D eigenvalue weighted by atomic mass is 127. The van der Waals surface area contributed by atoms with E-state index in [9.17, 15) is 22.8 Å². The van der Waals surface area contributed by atoms with E-state index in [-0.39, 0.29) is 23.8 Å². The number of amides is 1. The summed E-state index contributed by atoms with van der Waals surface area (Å²) in [7, 11) is 0. The van der Waals surface area contributed by atoms with Gasteiger partial charge in [0.15, 0.2) is 0 Å². The summed E-state index contributed by atoms with van der Waals surface area (Å²) in [5, 5.41) is 0. The van der Waals surface area contributed by atoms with Crippen LogP contribution in [-0.4, -0.2) is 40.4 Å². The molecule has 0 spiro atoms. The van der Waals surface area contributed by atoms with Crippen molar-refractivity contribution in [2.45, 2.75) is 22.8 Å². The van der Waals surface area contributed by atoms with Crippen LogP contribution >= 0.6 is 22.6 Å². The fourth-order valence-electron chi connectivity index (χ4n) is 2.95. The van der Waals surface area contributed by atoms with Crippen molar-refractivity contribution in [1.29, 1.82) is 0 Å². The highest BCUT2D eigenvalue weighted by molar-refractivity contribution is 14.1. The minimum absolute atomic E-state index is 0.130. The predicted molar refractivity (Wildman–Crippen MR) is 110 cm³/mol. The minimum atomic E-state index is -4.83. The Morgan fingerprint density at radius 2 is 2.03 bits per heavy atom. The fraction of sp³-hybridized carbons (Fsp3) is 0.368. The second kappa shape index (κ2) is 8.55. The first-order chi connectivity index (χ1) is 14.0. The molecule has 1 saturated heterocycles. The maximum absolute atomic E-state index is 13.4. The first kappa shape index (κ1) is 22.6. The van der Waals surface area contributed by atoms with Crippen LogP contribution in [0.2, 0.25) is 0 Å². The Morgan fingerprint density at radius 3 is 2.60 bits per heavy atom. The molecule has 0 saturated carbocycles. The number of benzene rings is 1. The van der Waals surface area contributed by atoms with Crippen LogP contribution in [0.1, 0.15) is 23.0 Å². The van der Waals surface area contributed by atoms with Crippen LogP contribution < -0.4 is 16.0 Å². The molecule has 3 N–H and O–H groups in total. The zero-order chi connectivity index (χ0) is 22.1. The molecule has 1 aromatic heterocycles. The van der Waals surface area contributed by atoms with Crippen LogP contribution in [0.3, 0.4) is 0 Å². The van der Waals surface area contributed by atoms with Crippen molar-refractivity contribution in [1.82, 2.24) is 4.98 Å². The molecule has 1 aliphatic rings. The smallest absolute Gasteiger partial charge is 0.431 e. The SMILES string of the molecule is C[C@]1(I)COC[C@H](COc2ccc(-c3cc(C(N)=O)c(=O)[nH]c3C(F)(F)F)cc2)O1. The highest BCUT2D eigenvalue weighted by Gasteiger charge is 2.36. The number of rotatable bonds is 5. The number of nitrogens with two attached hydrogens (primary N) is 1. The van der Waals surface area contributed by atoms with Gasteiger partial charge in [-0.25, -0.2) is 0 Å². The Bertz CT molecular complexity index is 989. The molecule has 1 aliphatic heterocycles. The molecule has 162 valence electrons. The Labute approximate surface area is 182 Å². The van der Waals surface area contributed by atoms with Crippen molar-refractivity contribution in [2.24, 2.45) is 5.73 Å². The summed E-state index contributed by atoms with van der Waals surface area (Å²) in [5.41, 5.74) is 1.83. The Kier molecular flexibility index (Phi) is 6.43. The number of aromatic nitrogens is 1. The topological polar surface area (TPSA) is 104 Å². The number of carbonyl (C=O) groups excluding carboxylic acids is 1. The van der Waals surface area contributed by atoms with Crippen molar-refractivity contribution in [3.63, 3.8) is 0 Å². The molecule has 2 heterocycles. The molecule has 1 amide bonds. The minimum Gasteiger partial charge on any atom is -0.491 e. The Morgan fingerprint density at radius 1 is 1.37 bits per heavy atom. The monoisotopic (exact) mass is 538 g/mol. The molecule has 1 fully saturated rings. The summed E-state index contributed by atoms with van der Waals surface area (Å²) >= 11 is 2.14. The lowest BCUT2D eigenvalue weighted by molar-refractivity contribution is -0.148. The number of hydrogen-bond donors (Lipinski definition) is 2. The summed E-state index contributed by atoms with van der Waals surface area (Å²) < 4.78 is 56.6. The lowest BCUT2D eigenvalue weighted by Gasteiger charge is -2.34. The van der Waals surface area contributed by atoms with Gasteiger partial charge in [0.1, 0.15) is 33.3 Å². The zero-order valence-electron chi connectivity index (χ0n) is 15.7. The molecule has 0 radical (unpaired) electrons. The molecular weight excluding hydrogens is 520 g/mol. The Balaban J connectivity index is 1.83. The maximum atomic E-state index is 13.4. The summed E-state index contributed by atoms with van der Waals surface area (Å²) in [6.07, 6.45) is -5.11. The third kappa shape index (κ3) is 5.32. The molecule has 1 aromatic carbocycles. The van der Waals surface area contributed by atoms with Crippen LogP contribution in [0.15, 0.2) is 35.1 Å². The van der Waals surface area contributed by atoms with E-state index in [1.807, 2.05) is 6.92 Å². The van der Waals surface area contributed by atoms with Crippen molar-refractivity contribution in [3.8, 4) is 16.9 Å². The van der Waals surface area contributed by atoms with E-state index >= 15 is 0 Å². The summed E-state index contributed by atoms with van der Waals surface area (Å²) in [6, 6.07) is 6.59. The molecular formula is C19H18F3IN2O5. The van der Waals surface area contributed by atoms with Gasteiger partial charge in [-0.1, -0.05) is 12.1 Å². The highest BCUT2D eigenvalue weighted by Crippen LogP contribution is 2.36. The normalized spacial score (nSPS) is 22.0. The van der Waals surface area contributed by atoms with Crippen molar-refractivity contribution in [3.05, 3.63) is 51.9 Å². The summed E-state index contributed by atoms with van der Waals surface area (Å²) in [6.45, 7) is 2.93. The predicted octanol–water partition coefficient (Wildman–Crippen LogP) is 3.11. The number of pyridine rings is 1. The quantitative estimate of drug-likeness (QED) is 0.450. The van der Waals surface area contributed by atoms with Crippen LogP contribution in [0.5, 0.6) is 5.75 Å². The number of nitrogens with one attached hydrogen (secondary N) is 1. The first-order valence-corrected chi connectivity index (χ1v) is 9.86. The molecule has 2 aromatic rings. The molecule has 30 heavy (non-hydrogen) atoms. The fourth-order valence-corrected chi connectivity index (χ4v) is 3.53. The van der Waals surface area contributed by atoms with E-state index < -0.39 is 32.5 Å². The number of aromatic amines is 1. The largest absolute Gasteiger partial charge is 0.491 e. The van der Waals surface area contributed by atoms with Gasteiger partial charge in [0.2, 0.25) is 0 Å². The van der Waals surface area contributed by atoms with Gasteiger partial charge in [-0.05, 0) is 53.3 Å². The number of primary amides is 1. The number of carbonyl (C=O) groups is 1. The number of ether oxygens (including phenoxy) is 3. The summed E-state index contributed by atoms with van der Waals surface area (Å²) in [5.74, 6) is -0.709. The van der Waals surface area contributed by atoms with Crippen LogP contribution in [-0.2, 0) is 15.7 Å². The van der Waals surface area contributed by atoms with Gasteiger partial charge in [-0.15, -0.1) is 0 Å². The van der Waals surface area contributed by atoms with E-state index in [0.717, 1.165) is 6.07 Å². The van der Waals surface area contributed by atoms with Crippen LogP contribution in [0.25, 0.3) is 11.1 Å². The average Bonchev–Trinajstić information content (AvgIpc) is 2.65. The van der Waals surface area contributed by atoms with E-state index in [1.165, 1.54) is 24.3 Å². The lowest BCUT2D eigenvalue weighted by Crippen LogP contribution is -2.43. The number of halogens is 4. The van der Waals surface area contributed by atoms with Gasteiger partial charge in [0.05, 0.1) is 13.2 Å². The maximum Gasteiger partial charge on any atom is 0.431 e. The third-order valence-electron chi connectivity index (χ3n) is 4.27. The van der Waals surface area contributed by atoms with E-state index in [1.54, 1.807) is 4.98 Å². The molecule has 0 aliphatic carbocycles. The second-order valence-corrected chi connectivity index (χ2v) is 9.14. The molecule has 11 heteroatoms. The molecule has 0 unspecified atom stereocenters. The van der Waals surface area contributed by atoms with E-state index in [4.69, 9.17) is 19.9 Å². The first-order valence-electron chi connectivity index (χ1n) is 8.78. The number of hydrogen-bond acceptors (Lipinski definition) is 5. The zero-order valence-corrected chi connectivity index (χ0v) is 17.9. The van der Waals surface area contributed by atoms with Crippen molar-refractivity contribution < 1.29 is 32.2 Å². The van der Waals surface area contributed by atoms with Gasteiger partial charge in [0.25, 0.3) is 11.5 Å². The molecule has 2 atom stereocenters. The van der Waals surface area contributed by atoms with Gasteiger partial charge >= 0.3 is 6.18 Å². The Hall–Kier alpha value is -2.12. The van der Waals surface area contributed by atoms with E-state index in [0.29, 0.717) is 19.0 Å². The van der Waals surface area contributed by atoms with Gasteiger partial charge < -0.3 is 24.9 Å². The number of H-pyrrole nitrogens is 1. The molecule has 0 bridgehead atoms. The van der Waals surface area contributed by atoms with Gasteiger partial charge in [-0.2, -0.15) is 13.2 Å². The third-order valence-corrected chi connectivity index (χ3v) is 4.83. The number of alkyl halides is 4. The van der Waals surface area contributed by atoms with Crippen LogP contribution in [0.4, 0.5) is 13.2 Å². The van der Waals surface area contributed by atoms with Gasteiger partial charge in [0, 0.05) is 5.56 Å². The second-order valence-electron chi connectivity index (χ2n) is 6.85. The average molecular weight is 538 g/mol. The van der Waals surface area contributed by atoms with Gasteiger partial charge in [-0.3, -0.25) is 9.59 Å². The standard InChI is InChI=1S/C19H18F3IN2O5/c1-18(23)9-28-7-12(30-18)8-29-11-4-2-10(3-5-11)13-6-14(16(24)26)17(27)25-15(13)19(20,21)22/h2-6,12H,7-9H2,1H3,(H2,24,26)(H,25,27)/t12-,18-/m1/s1. The van der Waals surface area contributed by atoms with Crippen molar-refractivity contribution >= 4 is 28.5 Å². The van der Waals surface area contributed by atoms with Crippen LogP contribution in [0, 0.1) is 0 Å². The summed E-state index contributed by atoms with van der Waals surface area (Å²) in [4.78, 5) is 24.8. The van der Waals surface area contributed by atoms with E-state index in [2.05, 4.69) is 22.6 Å². The van der Waals surface area contributed by atoms with Crippen molar-refractivity contribution in [2.75, 3.05) is 19.8 Å².